The Morgan fingerprint density at radius 3 is 3.00 bits per heavy atom. The second-order valence-corrected chi connectivity index (χ2v) is 4.40. The average Bonchev–Trinajstić information content (AvgIpc) is 2.79. The molecule has 0 aliphatic carbocycles. The molecule has 0 saturated carbocycles. The number of nitrogens with one attached hydrogen (secondary N) is 1. The van der Waals surface area contributed by atoms with Crippen molar-refractivity contribution in [2.24, 2.45) is 5.73 Å². The first-order valence-electron chi connectivity index (χ1n) is 5.41. The zero-order valence-electron chi connectivity index (χ0n) is 9.19. The summed E-state index contributed by atoms with van der Waals surface area (Å²) in [5.41, 5.74) is 6.18. The second kappa shape index (κ2) is 7.38. The summed E-state index contributed by atoms with van der Waals surface area (Å²) in [6.45, 7) is 0.892. The molecule has 0 spiro atoms. The van der Waals surface area contributed by atoms with Gasteiger partial charge in [-0.2, -0.15) is 11.3 Å². The highest BCUT2D eigenvalue weighted by atomic mass is 32.1. The summed E-state index contributed by atoms with van der Waals surface area (Å²) in [6, 6.07) is 1.86. The van der Waals surface area contributed by atoms with Crippen LogP contribution in [-0.2, 0) is 4.79 Å². The smallest absolute Gasteiger partial charge is 0.220 e. The topological polar surface area (TPSA) is 75.4 Å². The van der Waals surface area contributed by atoms with Crippen LogP contribution < -0.4 is 11.1 Å². The molecule has 1 aromatic rings. The Hall–Kier alpha value is -0.910. The number of hydrogen-bond donors (Lipinski definition) is 3. The molecule has 0 aromatic carbocycles. The summed E-state index contributed by atoms with van der Waals surface area (Å²) in [5.74, 6) is -0.0253. The van der Waals surface area contributed by atoms with E-state index in [4.69, 9.17) is 5.73 Å². The summed E-state index contributed by atoms with van der Waals surface area (Å²) in [5, 5.41) is 16.2. The number of carbonyl (C=O) groups is 1. The third kappa shape index (κ3) is 4.74. The first-order valence-corrected chi connectivity index (χ1v) is 6.35. The predicted octanol–water partition coefficient (Wildman–Crippen LogP) is 1.03. The lowest BCUT2D eigenvalue weighted by atomic mass is 10.2. The third-order valence-corrected chi connectivity index (χ3v) is 2.98. The summed E-state index contributed by atoms with van der Waals surface area (Å²) in [7, 11) is 0. The van der Waals surface area contributed by atoms with Gasteiger partial charge in [-0.05, 0) is 41.8 Å². The van der Waals surface area contributed by atoms with Gasteiger partial charge in [-0.15, -0.1) is 0 Å². The van der Waals surface area contributed by atoms with E-state index in [2.05, 4.69) is 5.32 Å². The number of hydrogen-bond acceptors (Lipinski definition) is 4. The normalized spacial score (nSPS) is 12.4. The Morgan fingerprint density at radius 1 is 1.56 bits per heavy atom. The number of carbonyl (C=O) groups excluding carboxylic acids is 1. The number of aliphatic hydroxyl groups excluding tert-OH is 1. The Kier molecular flexibility index (Phi) is 6.07. The van der Waals surface area contributed by atoms with Crippen LogP contribution in [-0.4, -0.2) is 24.1 Å². The van der Waals surface area contributed by atoms with E-state index in [1.165, 1.54) is 11.3 Å². The number of aliphatic hydroxyl groups is 1. The van der Waals surface area contributed by atoms with Crippen LogP contribution in [0.5, 0.6) is 0 Å². The minimum Gasteiger partial charge on any atom is -0.387 e. The fourth-order valence-electron chi connectivity index (χ4n) is 1.31. The zero-order chi connectivity index (χ0) is 11.8. The molecular weight excluding hydrogens is 224 g/mol. The Bertz CT molecular complexity index is 301. The van der Waals surface area contributed by atoms with E-state index in [-0.39, 0.29) is 12.5 Å². The number of rotatable bonds is 7. The lowest BCUT2D eigenvalue weighted by molar-refractivity contribution is -0.121. The average molecular weight is 242 g/mol. The maximum Gasteiger partial charge on any atom is 0.220 e. The SMILES string of the molecule is NCCCCC(=O)NCC(O)c1ccsc1. The largest absolute Gasteiger partial charge is 0.387 e. The summed E-state index contributed by atoms with van der Waals surface area (Å²) < 4.78 is 0. The van der Waals surface area contributed by atoms with Gasteiger partial charge in [0, 0.05) is 13.0 Å². The van der Waals surface area contributed by atoms with Crippen molar-refractivity contribution < 1.29 is 9.90 Å². The highest BCUT2D eigenvalue weighted by Crippen LogP contribution is 2.14. The van der Waals surface area contributed by atoms with Gasteiger partial charge >= 0.3 is 0 Å². The molecule has 1 unspecified atom stereocenters. The molecule has 16 heavy (non-hydrogen) atoms. The zero-order valence-corrected chi connectivity index (χ0v) is 10.0. The molecule has 4 nitrogen and oxygen atoms in total. The minimum atomic E-state index is -0.607. The first kappa shape index (κ1) is 13.2. The van der Waals surface area contributed by atoms with Crippen molar-refractivity contribution in [2.75, 3.05) is 13.1 Å². The van der Waals surface area contributed by atoms with Gasteiger partial charge in [0.05, 0.1) is 6.10 Å². The predicted molar refractivity (Wildman–Crippen MR) is 65.2 cm³/mol. The van der Waals surface area contributed by atoms with Gasteiger partial charge in [0.1, 0.15) is 0 Å². The molecule has 4 N–H and O–H groups in total. The van der Waals surface area contributed by atoms with Gasteiger partial charge in [-0.1, -0.05) is 0 Å². The molecule has 1 atom stereocenters. The van der Waals surface area contributed by atoms with Crippen molar-refractivity contribution in [1.29, 1.82) is 0 Å². The van der Waals surface area contributed by atoms with Gasteiger partial charge in [0.25, 0.3) is 0 Å². The van der Waals surface area contributed by atoms with Crippen LogP contribution in [0.3, 0.4) is 0 Å². The van der Waals surface area contributed by atoms with Gasteiger partial charge in [-0.3, -0.25) is 4.79 Å². The minimum absolute atomic E-state index is 0.0253. The Balaban J connectivity index is 2.16. The summed E-state index contributed by atoms with van der Waals surface area (Å²) >= 11 is 1.53. The molecule has 0 bridgehead atoms. The number of nitrogens with two attached hydrogens (primary N) is 1. The molecule has 5 heteroatoms. The van der Waals surface area contributed by atoms with Crippen molar-refractivity contribution >= 4 is 17.2 Å². The van der Waals surface area contributed by atoms with E-state index in [1.807, 2.05) is 16.8 Å². The molecule has 0 saturated heterocycles. The maximum absolute atomic E-state index is 11.3. The van der Waals surface area contributed by atoms with Gasteiger partial charge in [0.15, 0.2) is 0 Å². The van der Waals surface area contributed by atoms with E-state index in [9.17, 15) is 9.90 Å². The highest BCUT2D eigenvalue weighted by molar-refractivity contribution is 7.07. The lowest BCUT2D eigenvalue weighted by Gasteiger charge is -2.10. The van der Waals surface area contributed by atoms with E-state index >= 15 is 0 Å². The van der Waals surface area contributed by atoms with Crippen LogP contribution in [0, 0.1) is 0 Å². The van der Waals surface area contributed by atoms with Crippen molar-refractivity contribution in [3.8, 4) is 0 Å². The highest BCUT2D eigenvalue weighted by Gasteiger charge is 2.09. The van der Waals surface area contributed by atoms with Crippen LogP contribution in [0.2, 0.25) is 0 Å². The molecule has 0 radical (unpaired) electrons. The van der Waals surface area contributed by atoms with E-state index in [0.29, 0.717) is 13.0 Å². The molecular formula is C11H18N2O2S. The molecule has 1 aromatic heterocycles. The molecule has 1 rings (SSSR count). The van der Waals surface area contributed by atoms with Crippen molar-refractivity contribution in [2.45, 2.75) is 25.4 Å². The van der Waals surface area contributed by atoms with Crippen LogP contribution in [0.1, 0.15) is 30.9 Å². The molecule has 1 amide bonds. The number of amides is 1. The van der Waals surface area contributed by atoms with Crippen molar-refractivity contribution in [1.82, 2.24) is 5.32 Å². The van der Waals surface area contributed by atoms with Crippen LogP contribution in [0.15, 0.2) is 16.8 Å². The van der Waals surface area contributed by atoms with Gasteiger partial charge in [-0.25, -0.2) is 0 Å². The molecule has 0 fully saturated rings. The molecule has 1 heterocycles. The van der Waals surface area contributed by atoms with Crippen molar-refractivity contribution in [3.05, 3.63) is 22.4 Å². The molecule has 0 aliphatic heterocycles. The Labute approximate surface area is 99.5 Å². The van der Waals surface area contributed by atoms with Crippen LogP contribution in [0.4, 0.5) is 0 Å². The van der Waals surface area contributed by atoms with Crippen LogP contribution in [0.25, 0.3) is 0 Å². The van der Waals surface area contributed by atoms with E-state index in [0.717, 1.165) is 18.4 Å². The van der Waals surface area contributed by atoms with E-state index in [1.54, 1.807) is 0 Å². The van der Waals surface area contributed by atoms with E-state index < -0.39 is 6.10 Å². The standard InChI is InChI=1S/C11H18N2O2S/c12-5-2-1-3-11(15)13-7-10(14)9-4-6-16-8-9/h4,6,8,10,14H,1-3,5,7,12H2,(H,13,15). The monoisotopic (exact) mass is 242 g/mol. The lowest BCUT2D eigenvalue weighted by Crippen LogP contribution is -2.28. The van der Waals surface area contributed by atoms with Gasteiger partial charge < -0.3 is 16.2 Å². The van der Waals surface area contributed by atoms with Crippen molar-refractivity contribution in [3.63, 3.8) is 0 Å². The fourth-order valence-corrected chi connectivity index (χ4v) is 2.02. The fraction of sp³-hybridized carbons (Fsp3) is 0.545. The number of thiophene rings is 1. The number of unbranched alkanes of at least 4 members (excludes halogenated alkanes) is 1. The first-order chi connectivity index (χ1) is 7.74. The van der Waals surface area contributed by atoms with Gasteiger partial charge in [0.2, 0.25) is 5.91 Å². The quantitative estimate of drug-likeness (QED) is 0.625. The molecule has 0 aliphatic rings. The summed E-state index contributed by atoms with van der Waals surface area (Å²) in [6.07, 6.45) is 1.54. The van der Waals surface area contributed by atoms with Crippen LogP contribution >= 0.6 is 11.3 Å². The third-order valence-electron chi connectivity index (χ3n) is 2.28. The Morgan fingerprint density at radius 2 is 2.38 bits per heavy atom. The summed E-state index contributed by atoms with van der Waals surface area (Å²) in [4.78, 5) is 11.3. The second-order valence-electron chi connectivity index (χ2n) is 3.62. The molecule has 90 valence electrons. The maximum atomic E-state index is 11.3.